The monoisotopic (exact) mass is 433 g/mol. The van der Waals surface area contributed by atoms with Crippen LogP contribution in [0.4, 0.5) is 0 Å². The molecule has 0 aliphatic heterocycles. The predicted molar refractivity (Wildman–Crippen MR) is 109 cm³/mol. The Morgan fingerprint density at radius 1 is 1.31 bits per heavy atom. The quantitative estimate of drug-likeness (QED) is 0.633. The minimum Gasteiger partial charge on any atom is -0.350 e. The summed E-state index contributed by atoms with van der Waals surface area (Å²) in [5.74, 6) is 0.483. The summed E-state index contributed by atoms with van der Waals surface area (Å²) in [6, 6.07) is 7.78. The standard InChI is InChI=1S/C19H20BrN3O2S/c1-10-12(3)26-19-17(10)18(25)22-15(23-19)8-9-16(24)21-11(2)13-4-6-14(20)7-5-13/h4-7,11H,8-9H2,1-3H3,(H,21,24)(H,22,23,25). The van der Waals surface area contributed by atoms with Crippen LogP contribution in [0.15, 0.2) is 33.5 Å². The Bertz CT molecular complexity index is 1010. The molecule has 3 rings (SSSR count). The fourth-order valence-electron chi connectivity index (χ4n) is 2.80. The number of carbonyl (C=O) groups excluding carboxylic acids is 1. The van der Waals surface area contributed by atoms with E-state index in [9.17, 15) is 9.59 Å². The Kier molecular flexibility index (Phi) is 5.58. The van der Waals surface area contributed by atoms with Crippen LogP contribution in [-0.2, 0) is 11.2 Å². The van der Waals surface area contributed by atoms with E-state index in [0.29, 0.717) is 17.6 Å². The summed E-state index contributed by atoms with van der Waals surface area (Å²) in [6.07, 6.45) is 0.679. The third kappa shape index (κ3) is 4.04. The molecule has 1 atom stereocenters. The first-order chi connectivity index (χ1) is 12.3. The summed E-state index contributed by atoms with van der Waals surface area (Å²) in [6.45, 7) is 5.87. The number of benzene rings is 1. The van der Waals surface area contributed by atoms with Gasteiger partial charge in [0.15, 0.2) is 0 Å². The SMILES string of the molecule is Cc1sc2nc(CCC(=O)NC(C)c3ccc(Br)cc3)[nH]c(=O)c2c1C. The molecule has 2 aromatic heterocycles. The van der Waals surface area contributed by atoms with Crippen LogP contribution < -0.4 is 10.9 Å². The molecule has 2 heterocycles. The van der Waals surface area contributed by atoms with Gasteiger partial charge in [0.2, 0.25) is 5.91 Å². The molecule has 1 amide bonds. The van der Waals surface area contributed by atoms with E-state index in [1.807, 2.05) is 45.0 Å². The zero-order valence-electron chi connectivity index (χ0n) is 14.9. The number of aryl methyl sites for hydroxylation is 3. The Balaban J connectivity index is 1.65. The van der Waals surface area contributed by atoms with Gasteiger partial charge in [-0.2, -0.15) is 0 Å². The van der Waals surface area contributed by atoms with Crippen molar-refractivity contribution in [1.29, 1.82) is 0 Å². The number of amides is 1. The Morgan fingerprint density at radius 3 is 2.69 bits per heavy atom. The molecule has 26 heavy (non-hydrogen) atoms. The summed E-state index contributed by atoms with van der Waals surface area (Å²) in [7, 11) is 0. The van der Waals surface area contributed by atoms with Crippen molar-refractivity contribution < 1.29 is 4.79 Å². The number of nitrogens with one attached hydrogen (secondary N) is 2. The number of thiophene rings is 1. The lowest BCUT2D eigenvalue weighted by molar-refractivity contribution is -0.121. The molecule has 2 N–H and O–H groups in total. The van der Waals surface area contributed by atoms with Crippen LogP contribution in [0.2, 0.25) is 0 Å². The Hall–Kier alpha value is -1.99. The van der Waals surface area contributed by atoms with Gasteiger partial charge >= 0.3 is 0 Å². The maximum absolute atomic E-state index is 12.3. The molecular weight excluding hydrogens is 414 g/mol. The second-order valence-electron chi connectivity index (χ2n) is 6.32. The molecule has 5 nitrogen and oxygen atoms in total. The molecule has 0 saturated carbocycles. The lowest BCUT2D eigenvalue weighted by Gasteiger charge is -2.14. The van der Waals surface area contributed by atoms with Gasteiger partial charge in [-0.25, -0.2) is 4.98 Å². The van der Waals surface area contributed by atoms with Crippen molar-refractivity contribution in [2.24, 2.45) is 0 Å². The normalized spacial score (nSPS) is 12.3. The minimum absolute atomic E-state index is 0.0679. The van der Waals surface area contributed by atoms with Crippen LogP contribution in [0.25, 0.3) is 10.2 Å². The maximum Gasteiger partial charge on any atom is 0.259 e. The topological polar surface area (TPSA) is 74.8 Å². The van der Waals surface area contributed by atoms with Gasteiger partial charge in [0.25, 0.3) is 5.56 Å². The van der Waals surface area contributed by atoms with Crippen LogP contribution in [0.3, 0.4) is 0 Å². The predicted octanol–water partition coefficient (Wildman–Crippen LogP) is 4.17. The number of nitrogens with zero attached hydrogens (tertiary/aromatic N) is 1. The zero-order valence-corrected chi connectivity index (χ0v) is 17.3. The van der Waals surface area contributed by atoms with Crippen molar-refractivity contribution >= 4 is 43.4 Å². The fourth-order valence-corrected chi connectivity index (χ4v) is 4.11. The van der Waals surface area contributed by atoms with Crippen LogP contribution in [-0.4, -0.2) is 15.9 Å². The van der Waals surface area contributed by atoms with E-state index < -0.39 is 0 Å². The molecule has 0 aliphatic rings. The highest BCUT2D eigenvalue weighted by Gasteiger charge is 2.14. The van der Waals surface area contributed by atoms with Crippen LogP contribution >= 0.6 is 27.3 Å². The molecule has 1 aromatic carbocycles. The molecule has 0 spiro atoms. The molecular formula is C19H20BrN3O2S. The number of hydrogen-bond acceptors (Lipinski definition) is 4. The smallest absolute Gasteiger partial charge is 0.259 e. The van der Waals surface area contributed by atoms with Crippen molar-refractivity contribution in [3.05, 3.63) is 60.9 Å². The van der Waals surface area contributed by atoms with E-state index in [-0.39, 0.29) is 23.9 Å². The van der Waals surface area contributed by atoms with Gasteiger partial charge < -0.3 is 10.3 Å². The highest BCUT2D eigenvalue weighted by Crippen LogP contribution is 2.25. The van der Waals surface area contributed by atoms with Gasteiger partial charge in [-0.1, -0.05) is 28.1 Å². The van der Waals surface area contributed by atoms with Gasteiger partial charge in [0.05, 0.1) is 11.4 Å². The fraction of sp³-hybridized carbons (Fsp3) is 0.316. The number of aromatic amines is 1. The first kappa shape index (κ1) is 18.8. The van der Waals surface area contributed by atoms with Crippen molar-refractivity contribution in [2.45, 2.75) is 39.7 Å². The van der Waals surface area contributed by atoms with Crippen molar-refractivity contribution in [3.8, 4) is 0 Å². The number of aromatic nitrogens is 2. The molecule has 0 bridgehead atoms. The van der Waals surface area contributed by atoms with Gasteiger partial charge in [0, 0.05) is 22.2 Å². The first-order valence-electron chi connectivity index (χ1n) is 8.39. The second-order valence-corrected chi connectivity index (χ2v) is 8.44. The largest absolute Gasteiger partial charge is 0.350 e. The third-order valence-corrected chi connectivity index (χ3v) is 6.05. The minimum atomic E-state index is -0.129. The maximum atomic E-state index is 12.3. The number of hydrogen-bond donors (Lipinski definition) is 2. The van der Waals surface area contributed by atoms with Crippen LogP contribution in [0, 0.1) is 13.8 Å². The van der Waals surface area contributed by atoms with E-state index >= 15 is 0 Å². The molecule has 0 aliphatic carbocycles. The van der Waals surface area contributed by atoms with Gasteiger partial charge in [0.1, 0.15) is 10.7 Å². The molecule has 0 radical (unpaired) electrons. The number of rotatable bonds is 5. The average Bonchev–Trinajstić information content (AvgIpc) is 2.88. The summed E-state index contributed by atoms with van der Waals surface area (Å²) in [4.78, 5) is 33.7. The lowest BCUT2D eigenvalue weighted by Crippen LogP contribution is -2.27. The van der Waals surface area contributed by atoms with E-state index in [4.69, 9.17) is 0 Å². The van der Waals surface area contributed by atoms with Gasteiger partial charge in [-0.3, -0.25) is 9.59 Å². The summed E-state index contributed by atoms with van der Waals surface area (Å²) in [5, 5.41) is 3.64. The average molecular weight is 434 g/mol. The van der Waals surface area contributed by atoms with Crippen molar-refractivity contribution in [3.63, 3.8) is 0 Å². The number of halogens is 1. The van der Waals surface area contributed by atoms with Crippen LogP contribution in [0.1, 0.15) is 41.2 Å². The summed E-state index contributed by atoms with van der Waals surface area (Å²) >= 11 is 4.92. The van der Waals surface area contributed by atoms with Crippen LogP contribution in [0.5, 0.6) is 0 Å². The lowest BCUT2D eigenvalue weighted by atomic mass is 10.1. The molecule has 136 valence electrons. The number of carbonyl (C=O) groups is 1. The first-order valence-corrected chi connectivity index (χ1v) is 10.00. The van der Waals surface area contributed by atoms with Crippen molar-refractivity contribution in [2.75, 3.05) is 0 Å². The van der Waals surface area contributed by atoms with E-state index in [1.165, 1.54) is 11.3 Å². The second kappa shape index (κ2) is 7.72. The highest BCUT2D eigenvalue weighted by molar-refractivity contribution is 9.10. The summed E-state index contributed by atoms with van der Waals surface area (Å²) in [5.41, 5.74) is 1.89. The Morgan fingerprint density at radius 2 is 2.00 bits per heavy atom. The Labute approximate surface area is 164 Å². The van der Waals surface area contributed by atoms with Crippen molar-refractivity contribution in [1.82, 2.24) is 15.3 Å². The van der Waals surface area contributed by atoms with E-state index in [0.717, 1.165) is 25.3 Å². The van der Waals surface area contributed by atoms with Gasteiger partial charge in [-0.05, 0) is 44.0 Å². The zero-order chi connectivity index (χ0) is 18.8. The third-order valence-electron chi connectivity index (χ3n) is 4.42. The summed E-state index contributed by atoms with van der Waals surface area (Å²) < 4.78 is 1.00. The molecule has 7 heteroatoms. The number of H-pyrrole nitrogens is 1. The van der Waals surface area contributed by atoms with E-state index in [1.54, 1.807) is 0 Å². The highest BCUT2D eigenvalue weighted by atomic mass is 79.9. The molecule has 0 fully saturated rings. The molecule has 1 unspecified atom stereocenters. The number of fused-ring (bicyclic) bond motifs is 1. The van der Waals surface area contributed by atoms with E-state index in [2.05, 4.69) is 31.2 Å². The van der Waals surface area contributed by atoms with Gasteiger partial charge in [-0.15, -0.1) is 11.3 Å². The molecule has 3 aromatic rings. The molecule has 0 saturated heterocycles.